The van der Waals surface area contributed by atoms with Gasteiger partial charge in [-0.05, 0) is 42.8 Å². The smallest absolute Gasteiger partial charge is 0.234 e. The van der Waals surface area contributed by atoms with E-state index in [1.54, 1.807) is 32.7 Å². The molecular formula is C25H27FN4O3. The molecule has 8 heteroatoms. The van der Waals surface area contributed by atoms with Gasteiger partial charge in [-0.15, -0.1) is 0 Å². The van der Waals surface area contributed by atoms with Gasteiger partial charge in [-0.1, -0.05) is 29.4 Å². The number of imidazole rings is 1. The van der Waals surface area contributed by atoms with Gasteiger partial charge in [-0.3, -0.25) is 0 Å². The minimum absolute atomic E-state index is 0.298. The summed E-state index contributed by atoms with van der Waals surface area (Å²) in [5.74, 6) is 1.08. The molecule has 0 saturated heterocycles. The van der Waals surface area contributed by atoms with Gasteiger partial charge in [0.05, 0.1) is 31.4 Å². The maximum Gasteiger partial charge on any atom is 0.234 e. The zero-order valence-corrected chi connectivity index (χ0v) is 19.2. The summed E-state index contributed by atoms with van der Waals surface area (Å²) in [5.41, 5.74) is 2.71. The van der Waals surface area contributed by atoms with Crippen molar-refractivity contribution in [2.24, 2.45) is 5.16 Å². The summed E-state index contributed by atoms with van der Waals surface area (Å²) in [6.07, 6.45) is 7.54. The molecule has 0 bridgehead atoms. The number of oxime groups is 1. The number of rotatable bonds is 8. The first-order chi connectivity index (χ1) is 15.9. The quantitative estimate of drug-likeness (QED) is 0.506. The lowest BCUT2D eigenvalue weighted by atomic mass is 10.0. The standard InChI is InChI=1S/C25H27FN4O3/c1-18-16-29(17-27-18)22-11-5-19(15-23(22)32-4)6-12-24-28-33-25(2,30(24)13-14-31-3)20-7-9-21(26)10-8-20/h5-12,15-17H,13-14H2,1-4H3/b12-6+. The van der Waals surface area contributed by atoms with Gasteiger partial charge in [0, 0.05) is 32.3 Å². The van der Waals surface area contributed by atoms with E-state index in [2.05, 4.69) is 10.1 Å². The van der Waals surface area contributed by atoms with Crippen LogP contribution in [-0.2, 0) is 15.3 Å². The van der Waals surface area contributed by atoms with Crippen molar-refractivity contribution in [1.82, 2.24) is 14.5 Å². The topological polar surface area (TPSA) is 61.1 Å². The number of methoxy groups -OCH3 is 2. The van der Waals surface area contributed by atoms with Crippen LogP contribution in [0.25, 0.3) is 11.8 Å². The molecule has 7 nitrogen and oxygen atoms in total. The molecule has 172 valence electrons. The molecule has 0 fully saturated rings. The van der Waals surface area contributed by atoms with Gasteiger partial charge in [-0.25, -0.2) is 9.37 Å². The van der Waals surface area contributed by atoms with Crippen molar-refractivity contribution < 1.29 is 18.7 Å². The Bertz CT molecular complexity index is 1170. The molecule has 1 aliphatic rings. The summed E-state index contributed by atoms with van der Waals surface area (Å²) in [7, 11) is 3.29. The third-order valence-electron chi connectivity index (χ3n) is 5.63. The predicted octanol–water partition coefficient (Wildman–Crippen LogP) is 4.51. The molecule has 1 aliphatic heterocycles. The van der Waals surface area contributed by atoms with E-state index in [-0.39, 0.29) is 5.82 Å². The molecule has 4 rings (SSSR count). The fraction of sp³-hybridized carbons (Fsp3) is 0.280. The van der Waals surface area contributed by atoms with Gasteiger partial charge in [0.1, 0.15) is 11.6 Å². The summed E-state index contributed by atoms with van der Waals surface area (Å²) in [5, 5.41) is 4.31. The number of benzene rings is 2. The van der Waals surface area contributed by atoms with E-state index in [1.165, 1.54) is 12.1 Å². The Morgan fingerprint density at radius 3 is 2.58 bits per heavy atom. The fourth-order valence-corrected chi connectivity index (χ4v) is 3.79. The van der Waals surface area contributed by atoms with Gasteiger partial charge >= 0.3 is 0 Å². The van der Waals surface area contributed by atoms with Gasteiger partial charge in [0.15, 0.2) is 5.84 Å². The molecule has 0 N–H and O–H groups in total. The molecule has 0 saturated carbocycles. The largest absolute Gasteiger partial charge is 0.495 e. The SMILES string of the molecule is COCCN1C(/C=C/c2ccc(-n3cnc(C)c3)c(OC)c2)=NOC1(C)c1ccc(F)cc1. The second-order valence-electron chi connectivity index (χ2n) is 7.86. The maximum absolute atomic E-state index is 13.5. The van der Waals surface area contributed by atoms with Crippen LogP contribution < -0.4 is 4.74 Å². The Hall–Kier alpha value is -3.65. The molecule has 2 heterocycles. The van der Waals surface area contributed by atoms with Crippen molar-refractivity contribution in [2.45, 2.75) is 19.6 Å². The van der Waals surface area contributed by atoms with Crippen molar-refractivity contribution in [3.8, 4) is 11.4 Å². The number of hydrogen-bond acceptors (Lipinski definition) is 6. The number of aryl methyl sites for hydroxylation is 1. The number of amidine groups is 1. The molecule has 0 amide bonds. The van der Waals surface area contributed by atoms with E-state index in [1.807, 2.05) is 59.9 Å². The van der Waals surface area contributed by atoms with Crippen LogP contribution in [0, 0.1) is 12.7 Å². The third kappa shape index (κ3) is 4.61. The average molecular weight is 451 g/mol. The number of halogens is 1. The average Bonchev–Trinajstić information content (AvgIpc) is 3.40. The molecule has 33 heavy (non-hydrogen) atoms. The van der Waals surface area contributed by atoms with Gasteiger partial charge in [-0.2, -0.15) is 0 Å². The van der Waals surface area contributed by atoms with Crippen LogP contribution >= 0.6 is 0 Å². The first kappa shape index (κ1) is 22.5. The normalized spacial score (nSPS) is 18.0. The Labute approximate surface area is 192 Å². The van der Waals surface area contributed by atoms with Crippen LogP contribution in [0.2, 0.25) is 0 Å². The lowest BCUT2D eigenvalue weighted by molar-refractivity contribution is -0.0943. The zero-order valence-electron chi connectivity index (χ0n) is 19.2. The van der Waals surface area contributed by atoms with E-state index in [0.29, 0.717) is 19.0 Å². The molecule has 0 aliphatic carbocycles. The van der Waals surface area contributed by atoms with Crippen LogP contribution in [-0.4, -0.2) is 47.7 Å². The van der Waals surface area contributed by atoms with E-state index < -0.39 is 5.72 Å². The Balaban J connectivity index is 1.59. The molecule has 1 aromatic heterocycles. The minimum Gasteiger partial charge on any atom is -0.495 e. The van der Waals surface area contributed by atoms with Crippen LogP contribution in [0.15, 0.2) is 66.2 Å². The first-order valence-electron chi connectivity index (χ1n) is 10.6. The lowest BCUT2D eigenvalue weighted by Crippen LogP contribution is -2.45. The van der Waals surface area contributed by atoms with Crippen molar-refractivity contribution in [2.75, 3.05) is 27.4 Å². The first-order valence-corrected chi connectivity index (χ1v) is 10.6. The molecular weight excluding hydrogens is 423 g/mol. The summed E-state index contributed by atoms with van der Waals surface area (Å²) in [6, 6.07) is 12.2. The van der Waals surface area contributed by atoms with E-state index in [0.717, 1.165) is 28.3 Å². The number of hydrogen-bond donors (Lipinski definition) is 0. The minimum atomic E-state index is -0.868. The van der Waals surface area contributed by atoms with Crippen LogP contribution in [0.3, 0.4) is 0 Å². The summed E-state index contributed by atoms with van der Waals surface area (Å²) < 4.78 is 26.3. The van der Waals surface area contributed by atoms with E-state index in [4.69, 9.17) is 14.3 Å². The Kier molecular flexibility index (Phi) is 6.46. The predicted molar refractivity (Wildman–Crippen MR) is 125 cm³/mol. The summed E-state index contributed by atoms with van der Waals surface area (Å²) in [6.45, 7) is 4.89. The molecule has 2 aromatic carbocycles. The highest BCUT2D eigenvalue weighted by atomic mass is 19.1. The number of ether oxygens (including phenoxy) is 2. The van der Waals surface area contributed by atoms with Crippen molar-refractivity contribution in [1.29, 1.82) is 0 Å². The molecule has 0 spiro atoms. The van der Waals surface area contributed by atoms with Gasteiger partial charge < -0.3 is 23.8 Å². The monoisotopic (exact) mass is 450 g/mol. The Morgan fingerprint density at radius 2 is 1.91 bits per heavy atom. The molecule has 1 atom stereocenters. The van der Waals surface area contributed by atoms with E-state index >= 15 is 0 Å². The Morgan fingerprint density at radius 1 is 1.12 bits per heavy atom. The highest BCUT2D eigenvalue weighted by Gasteiger charge is 2.42. The van der Waals surface area contributed by atoms with E-state index in [9.17, 15) is 4.39 Å². The second-order valence-corrected chi connectivity index (χ2v) is 7.86. The van der Waals surface area contributed by atoms with Crippen LogP contribution in [0.4, 0.5) is 4.39 Å². The molecule has 3 aromatic rings. The van der Waals surface area contributed by atoms with Crippen LogP contribution in [0.1, 0.15) is 23.7 Å². The fourth-order valence-electron chi connectivity index (χ4n) is 3.79. The third-order valence-corrected chi connectivity index (χ3v) is 5.63. The summed E-state index contributed by atoms with van der Waals surface area (Å²) >= 11 is 0. The zero-order chi connectivity index (χ0) is 23.4. The highest BCUT2D eigenvalue weighted by molar-refractivity contribution is 5.97. The van der Waals surface area contributed by atoms with Crippen molar-refractivity contribution >= 4 is 11.9 Å². The van der Waals surface area contributed by atoms with Crippen molar-refractivity contribution in [3.63, 3.8) is 0 Å². The number of aromatic nitrogens is 2. The van der Waals surface area contributed by atoms with Crippen LogP contribution in [0.5, 0.6) is 5.75 Å². The second kappa shape index (κ2) is 9.46. The van der Waals surface area contributed by atoms with Gasteiger partial charge in [0.25, 0.3) is 0 Å². The maximum atomic E-state index is 13.5. The molecule has 0 radical (unpaired) electrons. The summed E-state index contributed by atoms with van der Waals surface area (Å²) in [4.78, 5) is 12.1. The van der Waals surface area contributed by atoms with Crippen molar-refractivity contribution in [3.05, 3.63) is 83.7 Å². The molecule has 1 unspecified atom stereocenters. The number of nitrogens with zero attached hydrogens (tertiary/aromatic N) is 4. The lowest BCUT2D eigenvalue weighted by Gasteiger charge is -2.34. The van der Waals surface area contributed by atoms with Gasteiger partial charge in [0.2, 0.25) is 5.72 Å². The highest BCUT2D eigenvalue weighted by Crippen LogP contribution is 2.35.